The summed E-state index contributed by atoms with van der Waals surface area (Å²) < 4.78 is 0. The number of fused-ring (bicyclic) bond motifs is 2. The van der Waals surface area contributed by atoms with E-state index in [1.807, 2.05) is 12.1 Å². The van der Waals surface area contributed by atoms with E-state index < -0.39 is 0 Å². The first-order valence-electron chi connectivity index (χ1n) is 7.06. The Morgan fingerprint density at radius 1 is 1.16 bits per heavy atom. The standard InChI is InChI=1S/C16H18ClNO/c17-11-8-9-15-13(10-11)16(19)12-6-4-2-1-3-5-7-14(12)18-15/h6,8-10,14,18H,1-5,7H2/b12-6+. The molecule has 0 saturated heterocycles. The van der Waals surface area contributed by atoms with Crippen molar-refractivity contribution in [3.8, 4) is 0 Å². The summed E-state index contributed by atoms with van der Waals surface area (Å²) in [4.78, 5) is 12.6. The molecular weight excluding hydrogens is 258 g/mol. The molecule has 0 amide bonds. The second kappa shape index (κ2) is 5.38. The van der Waals surface area contributed by atoms with E-state index in [0.29, 0.717) is 10.6 Å². The third-order valence-corrected chi connectivity index (χ3v) is 4.24. The maximum Gasteiger partial charge on any atom is 0.192 e. The Labute approximate surface area is 118 Å². The number of halogens is 1. The van der Waals surface area contributed by atoms with E-state index in [9.17, 15) is 4.79 Å². The van der Waals surface area contributed by atoms with E-state index in [0.717, 1.165) is 24.1 Å². The summed E-state index contributed by atoms with van der Waals surface area (Å²) in [6.07, 6.45) is 9.09. The number of carbonyl (C=O) groups is 1. The van der Waals surface area contributed by atoms with Crippen molar-refractivity contribution in [2.45, 2.75) is 44.6 Å². The first-order valence-corrected chi connectivity index (χ1v) is 7.44. The van der Waals surface area contributed by atoms with E-state index in [-0.39, 0.29) is 11.8 Å². The fourth-order valence-corrected chi connectivity index (χ4v) is 3.15. The number of allylic oxidation sites excluding steroid dienone is 1. The fourth-order valence-electron chi connectivity index (χ4n) is 2.98. The van der Waals surface area contributed by atoms with Gasteiger partial charge in [-0.3, -0.25) is 4.79 Å². The van der Waals surface area contributed by atoms with E-state index in [1.165, 1.54) is 25.7 Å². The fraction of sp³-hybridized carbons (Fsp3) is 0.438. The predicted octanol–water partition coefficient (Wildman–Crippen LogP) is 4.60. The molecule has 1 aromatic carbocycles. The number of carbonyl (C=O) groups excluding carboxylic acids is 1. The molecule has 100 valence electrons. The Balaban J connectivity index is 1.99. The van der Waals surface area contributed by atoms with Crippen LogP contribution >= 0.6 is 11.6 Å². The molecule has 1 aromatic rings. The van der Waals surface area contributed by atoms with Crippen molar-refractivity contribution in [2.75, 3.05) is 5.32 Å². The van der Waals surface area contributed by atoms with Gasteiger partial charge in [0.25, 0.3) is 0 Å². The normalized spacial score (nSPS) is 25.8. The number of rotatable bonds is 0. The van der Waals surface area contributed by atoms with Crippen molar-refractivity contribution < 1.29 is 4.79 Å². The van der Waals surface area contributed by atoms with Crippen molar-refractivity contribution in [1.82, 2.24) is 0 Å². The van der Waals surface area contributed by atoms with Crippen molar-refractivity contribution >= 4 is 23.1 Å². The van der Waals surface area contributed by atoms with Crippen LogP contribution < -0.4 is 5.32 Å². The topological polar surface area (TPSA) is 29.1 Å². The number of Topliss-reactive ketones (excluding diaryl/α,β-unsaturated/α-hetero) is 1. The first-order chi connectivity index (χ1) is 9.25. The average molecular weight is 276 g/mol. The van der Waals surface area contributed by atoms with Gasteiger partial charge in [0.15, 0.2) is 5.78 Å². The lowest BCUT2D eigenvalue weighted by Gasteiger charge is -2.28. The van der Waals surface area contributed by atoms with E-state index in [2.05, 4.69) is 11.4 Å². The maximum absolute atomic E-state index is 12.6. The molecule has 0 spiro atoms. The second-order valence-corrected chi connectivity index (χ2v) is 5.80. The number of nitrogens with one attached hydrogen (secondary N) is 1. The Morgan fingerprint density at radius 2 is 2.00 bits per heavy atom. The molecule has 1 N–H and O–H groups in total. The van der Waals surface area contributed by atoms with Gasteiger partial charge in [-0.15, -0.1) is 0 Å². The first kappa shape index (κ1) is 12.7. The van der Waals surface area contributed by atoms with Crippen LogP contribution in [0, 0.1) is 0 Å². The summed E-state index contributed by atoms with van der Waals surface area (Å²) in [6.45, 7) is 0. The molecule has 0 fully saturated rings. The molecule has 1 aliphatic carbocycles. The molecule has 1 aliphatic heterocycles. The zero-order valence-corrected chi connectivity index (χ0v) is 11.7. The smallest absolute Gasteiger partial charge is 0.192 e. The highest BCUT2D eigenvalue weighted by Crippen LogP contribution is 2.33. The van der Waals surface area contributed by atoms with E-state index in [4.69, 9.17) is 11.6 Å². The van der Waals surface area contributed by atoms with Gasteiger partial charge in [0, 0.05) is 21.8 Å². The minimum absolute atomic E-state index is 0.156. The molecule has 1 heterocycles. The number of ketones is 1. The van der Waals surface area contributed by atoms with E-state index >= 15 is 0 Å². The summed E-state index contributed by atoms with van der Waals surface area (Å²) in [6, 6.07) is 5.71. The van der Waals surface area contributed by atoms with E-state index in [1.54, 1.807) is 6.07 Å². The number of hydrogen-bond donors (Lipinski definition) is 1. The van der Waals surface area contributed by atoms with Crippen LogP contribution in [0.2, 0.25) is 5.02 Å². The molecule has 19 heavy (non-hydrogen) atoms. The minimum atomic E-state index is 0.156. The highest BCUT2D eigenvalue weighted by molar-refractivity contribution is 6.31. The van der Waals surface area contributed by atoms with Crippen molar-refractivity contribution in [3.63, 3.8) is 0 Å². The van der Waals surface area contributed by atoms with Crippen LogP contribution in [0.25, 0.3) is 0 Å². The van der Waals surface area contributed by atoms with Gasteiger partial charge in [-0.25, -0.2) is 0 Å². The van der Waals surface area contributed by atoms with Crippen LogP contribution in [0.1, 0.15) is 48.9 Å². The predicted molar refractivity (Wildman–Crippen MR) is 79.0 cm³/mol. The van der Waals surface area contributed by atoms with Crippen molar-refractivity contribution in [3.05, 3.63) is 40.4 Å². The summed E-state index contributed by atoms with van der Waals surface area (Å²) in [5.41, 5.74) is 2.58. The molecule has 0 bridgehead atoms. The Hall–Kier alpha value is -1.28. The van der Waals surface area contributed by atoms with Gasteiger partial charge in [-0.2, -0.15) is 0 Å². The van der Waals surface area contributed by atoms with Gasteiger partial charge in [0.1, 0.15) is 0 Å². The molecule has 3 heteroatoms. The lowest BCUT2D eigenvalue weighted by atomic mass is 9.88. The summed E-state index contributed by atoms with van der Waals surface area (Å²) >= 11 is 6.00. The van der Waals surface area contributed by atoms with Gasteiger partial charge in [-0.05, 0) is 37.5 Å². The molecule has 2 nitrogen and oxygen atoms in total. The monoisotopic (exact) mass is 275 g/mol. The van der Waals surface area contributed by atoms with Gasteiger partial charge < -0.3 is 5.32 Å². The van der Waals surface area contributed by atoms with Gasteiger partial charge in [0.2, 0.25) is 0 Å². The second-order valence-electron chi connectivity index (χ2n) is 5.37. The zero-order valence-electron chi connectivity index (χ0n) is 10.9. The molecule has 0 saturated carbocycles. The van der Waals surface area contributed by atoms with Crippen LogP contribution in [-0.2, 0) is 0 Å². The zero-order chi connectivity index (χ0) is 13.2. The Morgan fingerprint density at radius 3 is 2.89 bits per heavy atom. The SMILES string of the molecule is O=C1/C2=C/CCCCCCC2Nc2ccc(Cl)cc21. The Bertz CT molecular complexity index is 536. The average Bonchev–Trinajstić information content (AvgIpc) is 2.52. The molecular formula is C16H18ClNO. The lowest BCUT2D eigenvalue weighted by Crippen LogP contribution is -2.32. The molecule has 1 unspecified atom stereocenters. The van der Waals surface area contributed by atoms with Gasteiger partial charge in [-0.1, -0.05) is 36.9 Å². The van der Waals surface area contributed by atoms with Crippen LogP contribution in [-0.4, -0.2) is 11.8 Å². The lowest BCUT2D eigenvalue weighted by molar-refractivity contribution is 0.102. The highest BCUT2D eigenvalue weighted by Gasteiger charge is 2.29. The molecule has 3 rings (SSSR count). The quantitative estimate of drug-likeness (QED) is 0.750. The highest BCUT2D eigenvalue weighted by atomic mass is 35.5. The van der Waals surface area contributed by atoms with Crippen molar-refractivity contribution in [1.29, 1.82) is 0 Å². The largest absolute Gasteiger partial charge is 0.378 e. The molecule has 2 aliphatic rings. The molecule has 1 atom stereocenters. The van der Waals surface area contributed by atoms with Gasteiger partial charge >= 0.3 is 0 Å². The van der Waals surface area contributed by atoms with Crippen LogP contribution in [0.15, 0.2) is 29.8 Å². The maximum atomic E-state index is 12.6. The summed E-state index contributed by atoms with van der Waals surface area (Å²) in [7, 11) is 0. The number of benzene rings is 1. The Kier molecular flexibility index (Phi) is 3.61. The third-order valence-electron chi connectivity index (χ3n) is 4.00. The van der Waals surface area contributed by atoms with Crippen LogP contribution in [0.3, 0.4) is 0 Å². The van der Waals surface area contributed by atoms with Crippen LogP contribution in [0.4, 0.5) is 5.69 Å². The summed E-state index contributed by atoms with van der Waals surface area (Å²) in [5.74, 6) is 0.156. The van der Waals surface area contributed by atoms with Crippen molar-refractivity contribution in [2.24, 2.45) is 0 Å². The van der Waals surface area contributed by atoms with Crippen LogP contribution in [0.5, 0.6) is 0 Å². The third kappa shape index (κ3) is 2.55. The summed E-state index contributed by atoms with van der Waals surface area (Å²) in [5, 5.41) is 4.13. The molecule has 0 radical (unpaired) electrons. The number of anilines is 1. The molecule has 0 aromatic heterocycles. The van der Waals surface area contributed by atoms with Gasteiger partial charge in [0.05, 0.1) is 6.04 Å². The minimum Gasteiger partial charge on any atom is -0.378 e. The number of hydrogen-bond acceptors (Lipinski definition) is 2.